The van der Waals surface area contributed by atoms with E-state index < -0.39 is 0 Å². The fourth-order valence-electron chi connectivity index (χ4n) is 1.07. The summed E-state index contributed by atoms with van der Waals surface area (Å²) in [5.74, 6) is 1.78. The van der Waals surface area contributed by atoms with E-state index >= 15 is 0 Å². The van der Waals surface area contributed by atoms with Gasteiger partial charge in [0.05, 0.1) is 0 Å². The van der Waals surface area contributed by atoms with Crippen molar-refractivity contribution in [1.29, 1.82) is 0 Å². The average Bonchev–Trinajstić information content (AvgIpc) is 2.05. The molecule has 4 heteroatoms. The van der Waals surface area contributed by atoms with Crippen LogP contribution < -0.4 is 0 Å². The number of hydrogen-bond donors (Lipinski definition) is 2. The molecular weight excluding hydrogens is 164 g/mol. The van der Waals surface area contributed by atoms with Gasteiger partial charge in [-0.05, 0) is 0 Å². The summed E-state index contributed by atoms with van der Waals surface area (Å²) in [5.41, 5.74) is 0. The molecule has 0 spiro atoms. The van der Waals surface area contributed by atoms with Crippen LogP contribution in [0, 0.1) is 0 Å². The molecule has 1 fully saturated rings. The summed E-state index contributed by atoms with van der Waals surface area (Å²) in [6, 6.07) is 0. The number of nitrogens with zero attached hydrogens (tertiary/aromatic N) is 2. The minimum atomic E-state index is 0.889. The topological polar surface area (TPSA) is 6.48 Å². The molecule has 0 bridgehead atoms. The van der Waals surface area contributed by atoms with E-state index in [0.717, 1.165) is 37.9 Å². The van der Waals surface area contributed by atoms with Crippen molar-refractivity contribution in [1.82, 2.24) is 9.80 Å². The van der Waals surface area contributed by atoms with Gasteiger partial charge in [-0.25, -0.2) is 0 Å². The first kappa shape index (κ1) is 8.71. The number of rotatable bonds is 2. The highest BCUT2D eigenvalue weighted by molar-refractivity contribution is 7.80. The van der Waals surface area contributed by atoms with Crippen LogP contribution in [0.1, 0.15) is 0 Å². The third kappa shape index (κ3) is 2.34. The van der Waals surface area contributed by atoms with E-state index in [-0.39, 0.29) is 0 Å². The summed E-state index contributed by atoms with van der Waals surface area (Å²) < 4.78 is 0. The Bertz CT molecular complexity index is 79.7. The minimum Gasteiger partial charge on any atom is -0.292 e. The molecule has 10 heavy (non-hydrogen) atoms. The van der Waals surface area contributed by atoms with Crippen LogP contribution in [0.15, 0.2) is 0 Å². The largest absolute Gasteiger partial charge is 0.292 e. The summed E-state index contributed by atoms with van der Waals surface area (Å²) in [6.07, 6.45) is 0. The Hall–Kier alpha value is 0.620. The zero-order valence-electron chi connectivity index (χ0n) is 6.03. The van der Waals surface area contributed by atoms with Gasteiger partial charge in [-0.3, -0.25) is 9.80 Å². The summed E-state index contributed by atoms with van der Waals surface area (Å²) in [4.78, 5) is 4.67. The van der Waals surface area contributed by atoms with Crippen LogP contribution in [-0.4, -0.2) is 47.7 Å². The molecule has 0 saturated carbocycles. The summed E-state index contributed by atoms with van der Waals surface area (Å²) >= 11 is 8.42. The van der Waals surface area contributed by atoms with E-state index in [1.54, 1.807) is 0 Å². The first-order chi connectivity index (χ1) is 4.86. The Morgan fingerprint density at radius 3 is 1.30 bits per heavy atom. The second-order valence-electron chi connectivity index (χ2n) is 2.52. The van der Waals surface area contributed by atoms with Crippen LogP contribution in [0.2, 0.25) is 0 Å². The van der Waals surface area contributed by atoms with E-state index in [0.29, 0.717) is 0 Å². The van der Waals surface area contributed by atoms with Crippen molar-refractivity contribution in [2.45, 2.75) is 0 Å². The maximum Gasteiger partial charge on any atom is 0.0415 e. The third-order valence-electron chi connectivity index (χ3n) is 1.86. The lowest BCUT2D eigenvalue weighted by molar-refractivity contribution is 0.170. The fraction of sp³-hybridized carbons (Fsp3) is 1.00. The van der Waals surface area contributed by atoms with Gasteiger partial charge in [0.2, 0.25) is 0 Å². The minimum absolute atomic E-state index is 0.889. The van der Waals surface area contributed by atoms with Crippen LogP contribution >= 0.6 is 25.3 Å². The van der Waals surface area contributed by atoms with E-state index in [9.17, 15) is 0 Å². The zero-order chi connectivity index (χ0) is 7.40. The molecule has 1 aliphatic rings. The van der Waals surface area contributed by atoms with Gasteiger partial charge in [-0.15, -0.1) is 0 Å². The average molecular weight is 178 g/mol. The lowest BCUT2D eigenvalue weighted by Crippen LogP contribution is -2.45. The molecule has 0 aromatic rings. The van der Waals surface area contributed by atoms with Gasteiger partial charge in [-0.2, -0.15) is 25.3 Å². The fourth-order valence-corrected chi connectivity index (χ4v) is 1.64. The van der Waals surface area contributed by atoms with Gasteiger partial charge in [-0.1, -0.05) is 0 Å². The Balaban J connectivity index is 2.17. The van der Waals surface area contributed by atoms with Gasteiger partial charge < -0.3 is 0 Å². The van der Waals surface area contributed by atoms with Crippen molar-refractivity contribution in [3.63, 3.8) is 0 Å². The second kappa shape index (κ2) is 4.49. The highest BCUT2D eigenvalue weighted by Crippen LogP contribution is 2.01. The Labute approximate surface area is 73.4 Å². The van der Waals surface area contributed by atoms with Gasteiger partial charge in [0.1, 0.15) is 0 Å². The molecule has 0 atom stereocenters. The van der Waals surface area contributed by atoms with Crippen molar-refractivity contribution in [3.05, 3.63) is 0 Å². The number of thiol groups is 2. The predicted molar refractivity (Wildman–Crippen MR) is 50.9 cm³/mol. The monoisotopic (exact) mass is 178 g/mol. The van der Waals surface area contributed by atoms with Gasteiger partial charge >= 0.3 is 0 Å². The molecule has 1 saturated heterocycles. The van der Waals surface area contributed by atoms with Crippen molar-refractivity contribution in [3.8, 4) is 0 Å². The molecule has 0 amide bonds. The van der Waals surface area contributed by atoms with Crippen molar-refractivity contribution in [2.24, 2.45) is 0 Å². The molecule has 0 radical (unpaired) electrons. The maximum atomic E-state index is 4.21. The van der Waals surface area contributed by atoms with Gasteiger partial charge in [0, 0.05) is 37.9 Å². The molecule has 2 nitrogen and oxygen atoms in total. The standard InChI is InChI=1S/C6H14N2S2/c9-5-7-1-2-8(6-10)4-3-7/h9-10H,1-6H2. The lowest BCUT2D eigenvalue weighted by Gasteiger charge is -2.32. The molecule has 1 heterocycles. The normalized spacial score (nSPS) is 23.4. The zero-order valence-corrected chi connectivity index (χ0v) is 7.82. The summed E-state index contributed by atoms with van der Waals surface area (Å²) in [7, 11) is 0. The first-order valence-electron chi connectivity index (χ1n) is 3.53. The maximum absolute atomic E-state index is 4.21. The highest BCUT2D eigenvalue weighted by Gasteiger charge is 2.13. The lowest BCUT2D eigenvalue weighted by atomic mass is 10.4. The van der Waals surface area contributed by atoms with E-state index in [1.807, 2.05) is 0 Å². The van der Waals surface area contributed by atoms with Crippen LogP contribution in [0.5, 0.6) is 0 Å². The molecule has 1 aliphatic heterocycles. The molecular formula is C6H14N2S2. The summed E-state index contributed by atoms with van der Waals surface area (Å²) in [6.45, 7) is 4.57. The molecule has 0 aliphatic carbocycles. The molecule has 1 rings (SSSR count). The Kier molecular flexibility index (Phi) is 3.91. The van der Waals surface area contributed by atoms with Crippen molar-refractivity contribution in [2.75, 3.05) is 37.9 Å². The predicted octanol–water partition coefficient (Wildman–Crippen LogP) is 0.379. The smallest absolute Gasteiger partial charge is 0.0415 e. The molecule has 0 N–H and O–H groups in total. The second-order valence-corrected chi connectivity index (χ2v) is 3.08. The van der Waals surface area contributed by atoms with Crippen molar-refractivity contribution >= 4 is 25.3 Å². The van der Waals surface area contributed by atoms with Gasteiger partial charge in [0.25, 0.3) is 0 Å². The van der Waals surface area contributed by atoms with E-state index in [4.69, 9.17) is 0 Å². The first-order valence-corrected chi connectivity index (χ1v) is 4.79. The molecule has 0 aromatic carbocycles. The number of piperazine rings is 1. The third-order valence-corrected chi connectivity index (χ3v) is 2.66. The highest BCUT2D eigenvalue weighted by atomic mass is 32.1. The van der Waals surface area contributed by atoms with E-state index in [2.05, 4.69) is 35.1 Å². The van der Waals surface area contributed by atoms with E-state index in [1.165, 1.54) is 0 Å². The van der Waals surface area contributed by atoms with Crippen LogP contribution in [-0.2, 0) is 0 Å². The van der Waals surface area contributed by atoms with Crippen molar-refractivity contribution < 1.29 is 0 Å². The summed E-state index contributed by atoms with van der Waals surface area (Å²) in [5, 5.41) is 0. The quantitative estimate of drug-likeness (QED) is 0.590. The number of hydrogen-bond acceptors (Lipinski definition) is 4. The SMILES string of the molecule is SCN1CCN(CS)CC1. The van der Waals surface area contributed by atoms with Crippen LogP contribution in [0.3, 0.4) is 0 Å². The molecule has 60 valence electrons. The molecule has 0 unspecified atom stereocenters. The Morgan fingerprint density at radius 1 is 0.800 bits per heavy atom. The molecule has 0 aromatic heterocycles. The van der Waals surface area contributed by atoms with Crippen LogP contribution in [0.4, 0.5) is 0 Å². The van der Waals surface area contributed by atoms with Gasteiger partial charge in [0.15, 0.2) is 0 Å². The Morgan fingerprint density at radius 2 is 1.10 bits per heavy atom. The van der Waals surface area contributed by atoms with Crippen LogP contribution in [0.25, 0.3) is 0 Å².